The Kier molecular flexibility index (Phi) is 24.5. The van der Waals surface area contributed by atoms with Crippen LogP contribution in [0.25, 0.3) is 0 Å². The molecule has 0 radical (unpaired) electrons. The molecule has 2 atom stereocenters. The van der Waals surface area contributed by atoms with Gasteiger partial charge in [0.15, 0.2) is 0 Å². The second-order valence-corrected chi connectivity index (χ2v) is 12.7. The lowest BCUT2D eigenvalue weighted by molar-refractivity contribution is -0.432. The molecule has 0 aromatic rings. The van der Waals surface area contributed by atoms with Crippen molar-refractivity contribution in [3.05, 3.63) is 12.3 Å². The van der Waals surface area contributed by atoms with E-state index in [-0.39, 0.29) is 102 Å². The second kappa shape index (κ2) is 27.3. The number of carbonyl (C=O) groups is 6. The SMILES string of the molecule is C=C(O)CN1CCN(CC(=O)O)CCN(CC(=O)NC(CSOOO)C(=O)NC(CSOOO)C(=O)NCCNC(C)=O)CCN(CC(=O)O)CC1. The second-order valence-electron chi connectivity index (χ2n) is 11.3. The van der Waals surface area contributed by atoms with Gasteiger partial charge in [0.05, 0.1) is 43.4 Å². The number of nitrogens with one attached hydrogen (secondary N) is 4. The van der Waals surface area contributed by atoms with Crippen molar-refractivity contribution < 1.29 is 73.3 Å². The first-order valence-corrected chi connectivity index (χ1v) is 17.6. The van der Waals surface area contributed by atoms with Gasteiger partial charge in [-0.05, 0) is 0 Å². The number of amides is 4. The maximum Gasteiger partial charge on any atom is 0.317 e. The van der Waals surface area contributed by atoms with Gasteiger partial charge >= 0.3 is 11.9 Å². The number of aliphatic hydroxyl groups excluding tert-OH is 1. The molecule has 2 unspecified atom stereocenters. The van der Waals surface area contributed by atoms with E-state index in [1.807, 2.05) is 4.90 Å². The van der Waals surface area contributed by atoms with Crippen molar-refractivity contribution in [2.24, 2.45) is 0 Å². The largest absolute Gasteiger partial charge is 0.512 e. The van der Waals surface area contributed by atoms with Crippen LogP contribution < -0.4 is 21.3 Å². The average Bonchev–Trinajstić information content (AvgIpc) is 3.06. The highest BCUT2D eigenvalue weighted by molar-refractivity contribution is 7.94. The van der Waals surface area contributed by atoms with Gasteiger partial charge in [-0.3, -0.25) is 48.4 Å². The molecule has 1 heterocycles. The van der Waals surface area contributed by atoms with Crippen molar-refractivity contribution in [2.75, 3.05) is 103 Å². The number of aliphatic carboxylic acids is 2. The maximum absolute atomic E-state index is 13.4. The lowest BCUT2D eigenvalue weighted by Crippen LogP contribution is -2.57. The molecular formula is C27H48N8O15S2. The van der Waals surface area contributed by atoms with Crippen LogP contribution in [0.4, 0.5) is 0 Å². The monoisotopic (exact) mass is 788 g/mol. The van der Waals surface area contributed by atoms with Crippen molar-refractivity contribution >= 4 is 59.7 Å². The van der Waals surface area contributed by atoms with Gasteiger partial charge in [0, 0.05) is 96.5 Å². The summed E-state index contributed by atoms with van der Waals surface area (Å²) < 4.78 is 8.70. The normalized spacial score (nSPS) is 16.8. The highest BCUT2D eigenvalue weighted by Gasteiger charge is 2.29. The van der Waals surface area contributed by atoms with E-state index >= 15 is 0 Å². The fraction of sp³-hybridized carbons (Fsp3) is 0.704. The van der Waals surface area contributed by atoms with Crippen LogP contribution in [0.5, 0.6) is 0 Å². The Labute approximate surface area is 308 Å². The van der Waals surface area contributed by atoms with Gasteiger partial charge < -0.3 is 36.6 Å². The van der Waals surface area contributed by atoms with Gasteiger partial charge in [0.1, 0.15) is 12.1 Å². The summed E-state index contributed by atoms with van der Waals surface area (Å²) >= 11 is 0.923. The Morgan fingerprint density at radius 3 is 1.44 bits per heavy atom. The van der Waals surface area contributed by atoms with E-state index in [1.54, 1.807) is 14.7 Å². The van der Waals surface area contributed by atoms with Crippen molar-refractivity contribution in [1.82, 2.24) is 40.9 Å². The summed E-state index contributed by atoms with van der Waals surface area (Å²) in [7, 11) is 0. The van der Waals surface area contributed by atoms with E-state index in [0.29, 0.717) is 37.2 Å². The van der Waals surface area contributed by atoms with Crippen LogP contribution in [0, 0.1) is 0 Å². The van der Waals surface area contributed by atoms with Crippen LogP contribution in [0.15, 0.2) is 12.3 Å². The molecule has 0 aliphatic carbocycles. The lowest BCUT2D eigenvalue weighted by atomic mass is 10.2. The molecular weight excluding hydrogens is 740 g/mol. The number of aliphatic hydroxyl groups is 1. The van der Waals surface area contributed by atoms with Crippen LogP contribution in [-0.4, -0.2) is 196 Å². The van der Waals surface area contributed by atoms with Crippen LogP contribution in [0.1, 0.15) is 6.92 Å². The first-order valence-electron chi connectivity index (χ1n) is 15.7. The van der Waals surface area contributed by atoms with Crippen LogP contribution in [-0.2, 0) is 47.5 Å². The third kappa shape index (κ3) is 22.6. The summed E-state index contributed by atoms with van der Waals surface area (Å²) in [5, 5.41) is 62.8. The summed E-state index contributed by atoms with van der Waals surface area (Å²) in [5.41, 5.74) is 0. The van der Waals surface area contributed by atoms with E-state index in [4.69, 9.17) is 10.5 Å². The minimum atomic E-state index is -1.38. The average molecular weight is 789 g/mol. The van der Waals surface area contributed by atoms with E-state index < -0.39 is 41.7 Å². The van der Waals surface area contributed by atoms with E-state index in [1.165, 1.54) is 6.92 Å². The van der Waals surface area contributed by atoms with Crippen molar-refractivity contribution in [2.45, 2.75) is 19.0 Å². The van der Waals surface area contributed by atoms with Gasteiger partial charge in [-0.1, -0.05) is 16.7 Å². The number of carboxylic acid groups (broad SMARTS) is 2. The summed E-state index contributed by atoms with van der Waals surface area (Å²) in [6.07, 6.45) is 0. The molecule has 52 heavy (non-hydrogen) atoms. The topological polar surface area (TPSA) is 302 Å². The smallest absolute Gasteiger partial charge is 0.317 e. The standard InChI is InChI=1S/C27H48N8O15S2/c1-19(36)13-32-5-9-34(15-24(39)40)11-7-33(8-12-35(10-6-32)16-25(41)42)14-23(38)30-22(18-52-50-48-46)27(44)31-21(17-51-49-47-45)26(43)29-4-3-28-20(2)37/h21-22,36,45-46H,1,3-18H2,2H3,(H,28,37)(H,29,43)(H,30,38)(H,31,44)(H,39,40)(H,41,42). The molecule has 0 bridgehead atoms. The van der Waals surface area contributed by atoms with Gasteiger partial charge in [-0.25, -0.2) is 10.5 Å². The molecule has 1 fully saturated rings. The number of nitrogens with zero attached hydrogens (tertiary/aromatic N) is 4. The number of hydrogen-bond donors (Lipinski definition) is 9. The molecule has 23 nitrogen and oxygen atoms in total. The van der Waals surface area contributed by atoms with Crippen LogP contribution in [0.3, 0.4) is 0 Å². The molecule has 1 rings (SSSR count). The first kappa shape index (κ1) is 46.7. The summed E-state index contributed by atoms with van der Waals surface area (Å²) in [6.45, 7) is 6.08. The quantitative estimate of drug-likeness (QED) is 0.0162. The molecule has 4 amide bonds. The van der Waals surface area contributed by atoms with Gasteiger partial charge in [-0.2, -0.15) is 0 Å². The van der Waals surface area contributed by atoms with E-state index in [0.717, 1.165) is 0 Å². The number of rotatable bonds is 23. The fourth-order valence-electron chi connectivity index (χ4n) is 4.72. The Morgan fingerprint density at radius 1 is 0.635 bits per heavy atom. The highest BCUT2D eigenvalue weighted by atomic mass is 32.2. The number of hydrogen-bond acceptors (Lipinski definition) is 19. The Bertz CT molecular complexity index is 1130. The Balaban J connectivity index is 3.13. The highest BCUT2D eigenvalue weighted by Crippen LogP contribution is 2.09. The molecule has 0 aromatic heterocycles. The fourth-order valence-corrected chi connectivity index (χ4v) is 5.65. The zero-order chi connectivity index (χ0) is 38.9. The molecule has 1 saturated heterocycles. The molecule has 0 aromatic carbocycles. The van der Waals surface area contributed by atoms with Crippen LogP contribution >= 0.6 is 24.1 Å². The zero-order valence-electron chi connectivity index (χ0n) is 28.6. The molecule has 0 saturated carbocycles. The van der Waals surface area contributed by atoms with Crippen molar-refractivity contribution in [1.29, 1.82) is 0 Å². The summed E-state index contributed by atoms with van der Waals surface area (Å²) in [6, 6.07) is -2.68. The Morgan fingerprint density at radius 2 is 1.04 bits per heavy atom. The maximum atomic E-state index is 13.4. The molecule has 25 heteroatoms. The van der Waals surface area contributed by atoms with Gasteiger partial charge in [-0.15, -0.1) is 8.67 Å². The summed E-state index contributed by atoms with van der Waals surface area (Å²) in [4.78, 5) is 80.6. The number of carboxylic acids is 2. The predicted molar refractivity (Wildman–Crippen MR) is 183 cm³/mol. The van der Waals surface area contributed by atoms with Gasteiger partial charge in [0.2, 0.25) is 23.6 Å². The molecule has 298 valence electrons. The number of carbonyl (C=O) groups excluding carboxylic acids is 4. The lowest BCUT2D eigenvalue weighted by Gasteiger charge is -2.33. The first-order chi connectivity index (χ1) is 24.7. The van der Waals surface area contributed by atoms with Crippen molar-refractivity contribution in [3.63, 3.8) is 0 Å². The molecule has 9 N–H and O–H groups in total. The minimum absolute atomic E-state index is 0.00476. The molecule has 1 aliphatic heterocycles. The van der Waals surface area contributed by atoms with Crippen molar-refractivity contribution in [3.8, 4) is 0 Å². The molecule has 1 aliphatic rings. The minimum Gasteiger partial charge on any atom is -0.512 e. The predicted octanol–water partition coefficient (Wildman–Crippen LogP) is -3.19. The summed E-state index contributed by atoms with van der Waals surface area (Å²) in [5.74, 6) is -5.43. The third-order valence-electron chi connectivity index (χ3n) is 7.13. The van der Waals surface area contributed by atoms with E-state index in [2.05, 4.69) is 46.6 Å². The zero-order valence-corrected chi connectivity index (χ0v) is 30.2. The van der Waals surface area contributed by atoms with E-state index in [9.17, 15) is 44.1 Å². The molecule has 0 spiro atoms. The van der Waals surface area contributed by atoms with Crippen LogP contribution in [0.2, 0.25) is 0 Å². The Hall–Kier alpha value is -3.34. The van der Waals surface area contributed by atoms with Gasteiger partial charge in [0.25, 0.3) is 0 Å². The third-order valence-corrected chi connectivity index (χ3v) is 8.38.